The zero-order valence-electron chi connectivity index (χ0n) is 7.15. The van der Waals surface area contributed by atoms with E-state index in [9.17, 15) is 0 Å². The van der Waals surface area contributed by atoms with Gasteiger partial charge in [0, 0.05) is 12.4 Å². The van der Waals surface area contributed by atoms with Gasteiger partial charge in [0.1, 0.15) is 6.33 Å². The van der Waals surface area contributed by atoms with E-state index in [1.807, 2.05) is 0 Å². The van der Waals surface area contributed by atoms with Crippen molar-refractivity contribution >= 4 is 0 Å². The van der Waals surface area contributed by atoms with Crippen molar-refractivity contribution in [3.8, 4) is 0 Å². The molecule has 0 atom stereocenters. The lowest BCUT2D eigenvalue weighted by molar-refractivity contribution is 0.102. The van der Waals surface area contributed by atoms with Gasteiger partial charge in [-0.1, -0.05) is 0 Å². The third-order valence-electron chi connectivity index (χ3n) is 0.478. The Morgan fingerprint density at radius 1 is 1.09 bits per heavy atom. The molecule has 1 rings (SSSR count). The Bertz CT molecular complexity index is 136. The summed E-state index contributed by atoms with van der Waals surface area (Å²) in [5.74, 6) is 0. The Balaban J connectivity index is 0.000000187. The molecule has 1 N–H and O–H groups in total. The van der Waals surface area contributed by atoms with Crippen LogP contribution in [0.3, 0.4) is 0 Å². The highest BCUT2D eigenvalue weighted by molar-refractivity contribution is 4.74. The fourth-order valence-corrected chi connectivity index (χ4v) is 0.253. The van der Waals surface area contributed by atoms with Gasteiger partial charge in [-0.05, 0) is 26.8 Å². The highest BCUT2D eigenvalue weighted by Gasteiger charge is 1.97. The molecular weight excluding hydrogens is 140 g/mol. The SMILES string of the molecule is CC(C)(C)O.c1cncnc1. The number of rotatable bonds is 0. The molecule has 0 aliphatic carbocycles. The lowest BCUT2D eigenvalue weighted by Gasteiger charge is -2.04. The molecule has 0 aliphatic heterocycles. The number of aliphatic hydroxyl groups is 1. The Hall–Kier alpha value is -0.960. The minimum atomic E-state index is -0.500. The molecule has 1 aromatic rings. The van der Waals surface area contributed by atoms with Crippen LogP contribution in [0.5, 0.6) is 0 Å². The normalized spacial score (nSPS) is 9.82. The summed E-state index contributed by atoms with van der Waals surface area (Å²) in [5, 5.41) is 8.52. The smallest absolute Gasteiger partial charge is 0.115 e. The molecule has 62 valence electrons. The van der Waals surface area contributed by atoms with Gasteiger partial charge in [-0.2, -0.15) is 0 Å². The summed E-state index contributed by atoms with van der Waals surface area (Å²) in [4.78, 5) is 7.35. The van der Waals surface area contributed by atoms with Crippen LogP contribution in [0.15, 0.2) is 24.8 Å². The van der Waals surface area contributed by atoms with Crippen molar-refractivity contribution in [2.45, 2.75) is 26.4 Å². The van der Waals surface area contributed by atoms with E-state index in [0.29, 0.717) is 0 Å². The summed E-state index contributed by atoms with van der Waals surface area (Å²) >= 11 is 0. The monoisotopic (exact) mass is 154 g/mol. The molecule has 0 saturated carbocycles. The number of aromatic nitrogens is 2. The minimum absolute atomic E-state index is 0.500. The quantitative estimate of drug-likeness (QED) is 0.611. The summed E-state index contributed by atoms with van der Waals surface area (Å²) in [7, 11) is 0. The first kappa shape index (κ1) is 10.0. The van der Waals surface area contributed by atoms with Crippen LogP contribution >= 0.6 is 0 Å². The van der Waals surface area contributed by atoms with Gasteiger partial charge in [-0.15, -0.1) is 0 Å². The predicted molar refractivity (Wildman–Crippen MR) is 44.0 cm³/mol. The summed E-state index contributed by atoms with van der Waals surface area (Å²) in [6, 6.07) is 1.78. The first-order valence-electron chi connectivity index (χ1n) is 3.42. The van der Waals surface area contributed by atoms with E-state index in [0.717, 1.165) is 0 Å². The Kier molecular flexibility index (Phi) is 4.38. The molecule has 3 nitrogen and oxygen atoms in total. The molecule has 1 aromatic heterocycles. The molecule has 0 fully saturated rings. The van der Waals surface area contributed by atoms with Crippen molar-refractivity contribution < 1.29 is 5.11 Å². The lowest BCUT2D eigenvalue weighted by Crippen LogP contribution is -2.10. The number of hydrogen-bond donors (Lipinski definition) is 1. The fourth-order valence-electron chi connectivity index (χ4n) is 0.253. The zero-order valence-corrected chi connectivity index (χ0v) is 7.15. The van der Waals surface area contributed by atoms with Crippen LogP contribution in [0, 0.1) is 0 Å². The van der Waals surface area contributed by atoms with E-state index >= 15 is 0 Å². The van der Waals surface area contributed by atoms with Crippen molar-refractivity contribution in [2.75, 3.05) is 0 Å². The minimum Gasteiger partial charge on any atom is -0.391 e. The van der Waals surface area contributed by atoms with Crippen molar-refractivity contribution in [2.24, 2.45) is 0 Å². The highest BCUT2D eigenvalue weighted by Crippen LogP contribution is 1.93. The van der Waals surface area contributed by atoms with E-state index in [2.05, 4.69) is 9.97 Å². The maximum absolute atomic E-state index is 8.52. The average Bonchev–Trinajstić information content (AvgIpc) is 1.88. The van der Waals surface area contributed by atoms with Crippen LogP contribution in [0.1, 0.15) is 20.8 Å². The van der Waals surface area contributed by atoms with Gasteiger partial charge in [0.05, 0.1) is 5.60 Å². The molecule has 0 saturated heterocycles. The van der Waals surface area contributed by atoms with Crippen molar-refractivity contribution in [1.29, 1.82) is 0 Å². The van der Waals surface area contributed by atoms with Gasteiger partial charge in [0.2, 0.25) is 0 Å². The Morgan fingerprint density at radius 2 is 1.45 bits per heavy atom. The van der Waals surface area contributed by atoms with Crippen LogP contribution < -0.4 is 0 Å². The third kappa shape index (κ3) is 17.6. The highest BCUT2D eigenvalue weighted by atomic mass is 16.3. The summed E-state index contributed by atoms with van der Waals surface area (Å²) in [5.41, 5.74) is -0.500. The third-order valence-corrected chi connectivity index (χ3v) is 0.478. The van der Waals surface area contributed by atoms with E-state index < -0.39 is 5.60 Å². The molecule has 0 amide bonds. The predicted octanol–water partition coefficient (Wildman–Crippen LogP) is 1.25. The molecule has 0 bridgehead atoms. The molecule has 1 heterocycles. The maximum atomic E-state index is 8.52. The van der Waals surface area contributed by atoms with Crippen LogP contribution in [-0.2, 0) is 0 Å². The van der Waals surface area contributed by atoms with E-state index in [1.54, 1.807) is 39.2 Å². The van der Waals surface area contributed by atoms with Gasteiger partial charge >= 0.3 is 0 Å². The first-order valence-corrected chi connectivity index (χ1v) is 3.42. The fraction of sp³-hybridized carbons (Fsp3) is 0.500. The summed E-state index contributed by atoms with van der Waals surface area (Å²) in [6.45, 7) is 5.23. The molecule has 0 spiro atoms. The van der Waals surface area contributed by atoms with Gasteiger partial charge in [-0.25, -0.2) is 9.97 Å². The van der Waals surface area contributed by atoms with Crippen LogP contribution in [-0.4, -0.2) is 20.7 Å². The van der Waals surface area contributed by atoms with Crippen molar-refractivity contribution in [3.63, 3.8) is 0 Å². The molecule has 0 aromatic carbocycles. The molecule has 3 heteroatoms. The van der Waals surface area contributed by atoms with Gasteiger partial charge in [-0.3, -0.25) is 0 Å². The molecule has 0 aliphatic rings. The topological polar surface area (TPSA) is 46.0 Å². The largest absolute Gasteiger partial charge is 0.391 e. The van der Waals surface area contributed by atoms with Gasteiger partial charge in [0.25, 0.3) is 0 Å². The van der Waals surface area contributed by atoms with Gasteiger partial charge < -0.3 is 5.11 Å². The Morgan fingerprint density at radius 3 is 1.55 bits per heavy atom. The van der Waals surface area contributed by atoms with Crippen molar-refractivity contribution in [1.82, 2.24) is 9.97 Å². The summed E-state index contributed by atoms with van der Waals surface area (Å²) < 4.78 is 0. The zero-order chi connectivity index (χ0) is 8.74. The second-order valence-electron chi connectivity index (χ2n) is 3.08. The van der Waals surface area contributed by atoms with E-state index in [-0.39, 0.29) is 0 Å². The van der Waals surface area contributed by atoms with Crippen LogP contribution in [0.2, 0.25) is 0 Å². The van der Waals surface area contributed by atoms with E-state index in [1.165, 1.54) is 6.33 Å². The molecule has 0 radical (unpaired) electrons. The van der Waals surface area contributed by atoms with Gasteiger partial charge in [0.15, 0.2) is 0 Å². The number of hydrogen-bond acceptors (Lipinski definition) is 3. The second-order valence-corrected chi connectivity index (χ2v) is 3.08. The van der Waals surface area contributed by atoms with Crippen molar-refractivity contribution in [3.05, 3.63) is 24.8 Å². The maximum Gasteiger partial charge on any atom is 0.115 e. The molecule has 0 unspecified atom stereocenters. The van der Waals surface area contributed by atoms with E-state index in [4.69, 9.17) is 5.11 Å². The number of nitrogens with zero attached hydrogens (tertiary/aromatic N) is 2. The van der Waals surface area contributed by atoms with Crippen LogP contribution in [0.4, 0.5) is 0 Å². The standard InChI is InChI=1S/C4H4N2.C4H10O/c1-2-5-4-6-3-1;1-4(2,3)5/h1-4H;5H,1-3H3. The molecular formula is C8H14N2O. The lowest BCUT2D eigenvalue weighted by atomic mass is 10.2. The average molecular weight is 154 g/mol. The van der Waals surface area contributed by atoms with Crippen LogP contribution in [0.25, 0.3) is 0 Å². The summed E-state index contributed by atoms with van der Waals surface area (Å²) in [6.07, 6.45) is 4.88. The second kappa shape index (κ2) is 4.79. The first-order chi connectivity index (χ1) is 5.00. The molecule has 11 heavy (non-hydrogen) atoms. The Labute approximate surface area is 67.1 Å².